The molecule has 0 aliphatic heterocycles. The van der Waals surface area contributed by atoms with E-state index in [4.69, 9.17) is 19.3 Å². The van der Waals surface area contributed by atoms with Crippen LogP contribution < -0.4 is 14.8 Å². The third kappa shape index (κ3) is 6.40. The zero-order valence-corrected chi connectivity index (χ0v) is 12.6. The van der Waals surface area contributed by atoms with E-state index in [0.29, 0.717) is 13.2 Å². The number of pyridine rings is 1. The second-order valence-corrected chi connectivity index (χ2v) is 4.39. The predicted octanol–water partition coefficient (Wildman–Crippen LogP) is 1.58. The van der Waals surface area contributed by atoms with Gasteiger partial charge >= 0.3 is 12.1 Å². The minimum atomic E-state index is -1.17. The molecule has 8 heteroatoms. The summed E-state index contributed by atoms with van der Waals surface area (Å²) < 4.78 is 15.5. The maximum Gasteiger partial charge on any atom is 0.414 e. The lowest BCUT2D eigenvalue weighted by Gasteiger charge is -2.10. The van der Waals surface area contributed by atoms with Crippen LogP contribution in [0.1, 0.15) is 25.3 Å². The van der Waals surface area contributed by atoms with Gasteiger partial charge in [0.05, 0.1) is 13.7 Å². The molecule has 122 valence electrons. The summed E-state index contributed by atoms with van der Waals surface area (Å²) >= 11 is 0. The summed E-state index contributed by atoms with van der Waals surface area (Å²) in [5.41, 5.74) is 0.784. The molecule has 1 aromatic heterocycles. The average Bonchev–Trinajstić information content (AvgIpc) is 2.50. The van der Waals surface area contributed by atoms with Gasteiger partial charge in [-0.3, -0.25) is 4.79 Å². The molecule has 1 amide bonds. The quantitative estimate of drug-likeness (QED) is 0.666. The molecule has 0 aliphatic rings. The molecule has 0 fully saturated rings. The molecule has 0 unspecified atom stereocenters. The van der Waals surface area contributed by atoms with Crippen LogP contribution in [-0.2, 0) is 16.1 Å². The highest BCUT2D eigenvalue weighted by molar-refractivity contribution is 5.77. The number of ether oxygens (including phenoxy) is 3. The Morgan fingerprint density at radius 1 is 1.41 bits per heavy atom. The number of amides is 1. The van der Waals surface area contributed by atoms with Crippen LogP contribution in [0.15, 0.2) is 12.3 Å². The maximum atomic E-state index is 11.4. The first-order valence-electron chi connectivity index (χ1n) is 6.85. The second-order valence-electron chi connectivity index (χ2n) is 4.39. The van der Waals surface area contributed by atoms with Gasteiger partial charge in [0.1, 0.15) is 6.54 Å². The maximum absolute atomic E-state index is 11.4. The smallest absolute Gasteiger partial charge is 0.414 e. The fraction of sp³-hybridized carbons (Fsp3) is 0.500. The highest BCUT2D eigenvalue weighted by atomic mass is 16.6. The van der Waals surface area contributed by atoms with E-state index in [1.807, 2.05) is 0 Å². The fourth-order valence-electron chi connectivity index (χ4n) is 1.48. The number of carboxylic acid groups (broad SMARTS) is 1. The Morgan fingerprint density at radius 2 is 2.18 bits per heavy atom. The van der Waals surface area contributed by atoms with Crippen LogP contribution in [0, 0.1) is 0 Å². The summed E-state index contributed by atoms with van der Waals surface area (Å²) in [5, 5.41) is 10.5. The van der Waals surface area contributed by atoms with Crippen LogP contribution in [-0.4, -0.2) is 42.4 Å². The molecule has 1 rings (SSSR count). The Morgan fingerprint density at radius 3 is 2.82 bits per heavy atom. The van der Waals surface area contributed by atoms with Gasteiger partial charge in [-0.1, -0.05) is 13.3 Å². The van der Waals surface area contributed by atoms with E-state index in [0.717, 1.165) is 18.4 Å². The molecule has 1 aromatic rings. The number of carbonyl (C=O) groups is 2. The summed E-state index contributed by atoms with van der Waals surface area (Å²) in [6.07, 6.45) is 2.63. The number of unbranched alkanes of at least 4 members (excludes halogenated alkanes) is 1. The lowest BCUT2D eigenvalue weighted by molar-refractivity contribution is -0.135. The van der Waals surface area contributed by atoms with Gasteiger partial charge in [-0.05, 0) is 18.1 Å². The van der Waals surface area contributed by atoms with E-state index in [1.165, 1.54) is 13.3 Å². The van der Waals surface area contributed by atoms with Crippen LogP contribution in [0.2, 0.25) is 0 Å². The van der Waals surface area contributed by atoms with Gasteiger partial charge in [-0.25, -0.2) is 9.78 Å². The Labute approximate surface area is 128 Å². The summed E-state index contributed by atoms with van der Waals surface area (Å²) in [6.45, 7) is 2.59. The monoisotopic (exact) mass is 312 g/mol. The van der Waals surface area contributed by atoms with E-state index < -0.39 is 18.6 Å². The van der Waals surface area contributed by atoms with Crippen molar-refractivity contribution in [3.05, 3.63) is 17.8 Å². The zero-order chi connectivity index (χ0) is 16.4. The molecule has 0 spiro atoms. The molecule has 2 N–H and O–H groups in total. The molecule has 0 saturated heterocycles. The number of methoxy groups -OCH3 is 1. The van der Waals surface area contributed by atoms with Crippen molar-refractivity contribution in [1.29, 1.82) is 0 Å². The van der Waals surface area contributed by atoms with E-state index in [-0.39, 0.29) is 11.6 Å². The van der Waals surface area contributed by atoms with Crippen LogP contribution in [0.3, 0.4) is 0 Å². The molecule has 0 saturated carbocycles. The Bertz CT molecular complexity index is 506. The van der Waals surface area contributed by atoms with E-state index in [2.05, 4.69) is 17.2 Å². The van der Waals surface area contributed by atoms with Gasteiger partial charge in [0.25, 0.3) is 5.88 Å². The first kappa shape index (κ1) is 17.7. The number of nitrogens with zero attached hydrogens (tertiary/aromatic N) is 1. The second kappa shape index (κ2) is 9.56. The van der Waals surface area contributed by atoms with Crippen molar-refractivity contribution in [2.45, 2.75) is 26.4 Å². The van der Waals surface area contributed by atoms with Gasteiger partial charge < -0.3 is 24.6 Å². The lowest BCUT2D eigenvalue weighted by atomic mass is 10.3. The van der Waals surface area contributed by atoms with Crippen LogP contribution >= 0.6 is 0 Å². The largest absolute Gasteiger partial charge is 0.491 e. The first-order valence-corrected chi connectivity index (χ1v) is 6.85. The SMILES string of the molecule is CCCCOCc1cnc(OC(=O)NCC(=O)O)c(OC)c1. The number of nitrogens with one attached hydrogen (secondary N) is 1. The predicted molar refractivity (Wildman–Crippen MR) is 77.0 cm³/mol. The van der Waals surface area contributed by atoms with E-state index in [9.17, 15) is 9.59 Å². The van der Waals surface area contributed by atoms with Gasteiger partial charge in [0, 0.05) is 12.8 Å². The summed E-state index contributed by atoms with van der Waals surface area (Å²) in [5.74, 6) is -0.943. The van der Waals surface area contributed by atoms with Gasteiger partial charge in [0.15, 0.2) is 5.75 Å². The number of carbonyl (C=O) groups excluding carboxylic acids is 1. The van der Waals surface area contributed by atoms with Gasteiger partial charge in [0.2, 0.25) is 0 Å². The lowest BCUT2D eigenvalue weighted by Crippen LogP contribution is -2.32. The number of hydrogen-bond donors (Lipinski definition) is 2. The summed E-state index contributed by atoms with van der Waals surface area (Å²) in [7, 11) is 1.42. The number of hydrogen-bond acceptors (Lipinski definition) is 6. The Kier molecular flexibility index (Phi) is 7.69. The van der Waals surface area contributed by atoms with Crippen molar-refractivity contribution >= 4 is 12.1 Å². The highest BCUT2D eigenvalue weighted by Crippen LogP contribution is 2.25. The minimum absolute atomic E-state index is 0.0392. The van der Waals surface area contributed by atoms with Crippen LogP contribution in [0.4, 0.5) is 4.79 Å². The molecule has 22 heavy (non-hydrogen) atoms. The summed E-state index contributed by atoms with van der Waals surface area (Å²) in [4.78, 5) is 25.7. The minimum Gasteiger partial charge on any atom is -0.491 e. The third-order valence-electron chi connectivity index (χ3n) is 2.58. The van der Waals surface area contributed by atoms with Crippen molar-refractivity contribution in [2.75, 3.05) is 20.3 Å². The molecule has 0 aliphatic carbocycles. The van der Waals surface area contributed by atoms with Crippen molar-refractivity contribution in [2.24, 2.45) is 0 Å². The number of aromatic nitrogens is 1. The Balaban J connectivity index is 2.60. The van der Waals surface area contributed by atoms with E-state index in [1.54, 1.807) is 6.07 Å². The number of aliphatic carboxylic acids is 1. The molecular formula is C14H20N2O6. The van der Waals surface area contributed by atoms with Crippen molar-refractivity contribution in [1.82, 2.24) is 10.3 Å². The highest BCUT2D eigenvalue weighted by Gasteiger charge is 2.13. The van der Waals surface area contributed by atoms with Gasteiger partial charge in [-0.15, -0.1) is 0 Å². The molecule has 1 heterocycles. The molecule has 0 radical (unpaired) electrons. The van der Waals surface area contributed by atoms with E-state index >= 15 is 0 Å². The van der Waals surface area contributed by atoms with Crippen molar-refractivity contribution < 1.29 is 28.9 Å². The molecule has 8 nitrogen and oxygen atoms in total. The van der Waals surface area contributed by atoms with Crippen LogP contribution in [0.25, 0.3) is 0 Å². The fourth-order valence-corrected chi connectivity index (χ4v) is 1.48. The van der Waals surface area contributed by atoms with Gasteiger partial charge in [-0.2, -0.15) is 0 Å². The summed E-state index contributed by atoms with van der Waals surface area (Å²) in [6, 6.07) is 1.65. The van der Waals surface area contributed by atoms with Crippen molar-refractivity contribution in [3.63, 3.8) is 0 Å². The molecule has 0 bridgehead atoms. The molecular weight excluding hydrogens is 292 g/mol. The average molecular weight is 312 g/mol. The zero-order valence-electron chi connectivity index (χ0n) is 12.6. The van der Waals surface area contributed by atoms with Crippen molar-refractivity contribution in [3.8, 4) is 11.6 Å². The molecule has 0 aromatic carbocycles. The normalized spacial score (nSPS) is 10.1. The molecule has 0 atom stereocenters. The standard InChI is InChI=1S/C14H20N2O6/c1-3-4-5-21-9-10-6-11(20-2)13(15-7-10)22-14(19)16-8-12(17)18/h6-7H,3-5,8-9H2,1-2H3,(H,16,19)(H,17,18). The number of rotatable bonds is 9. The first-order chi connectivity index (χ1) is 10.6. The Hall–Kier alpha value is -2.35. The third-order valence-corrected chi connectivity index (χ3v) is 2.58. The van der Waals surface area contributed by atoms with Crippen LogP contribution in [0.5, 0.6) is 11.6 Å². The number of carboxylic acids is 1. The topological polar surface area (TPSA) is 107 Å².